The van der Waals surface area contributed by atoms with Crippen LogP contribution in [0.4, 0.5) is 4.79 Å². The van der Waals surface area contributed by atoms with Gasteiger partial charge in [0.25, 0.3) is 0 Å². The number of hydrogen-bond acceptors (Lipinski definition) is 4. The van der Waals surface area contributed by atoms with Gasteiger partial charge >= 0.3 is 6.09 Å². The van der Waals surface area contributed by atoms with Crippen LogP contribution in [-0.4, -0.2) is 52.3 Å². The third kappa shape index (κ3) is 5.79. The van der Waals surface area contributed by atoms with Crippen molar-refractivity contribution in [3.63, 3.8) is 0 Å². The minimum atomic E-state index is -0.594. The Morgan fingerprint density at radius 1 is 1.19 bits per heavy atom. The van der Waals surface area contributed by atoms with Gasteiger partial charge in [0, 0.05) is 24.4 Å². The summed E-state index contributed by atoms with van der Waals surface area (Å²) in [7, 11) is 0. The number of amides is 2. The molecule has 2 N–H and O–H groups in total. The Balaban J connectivity index is 1.68. The minimum absolute atomic E-state index is 0.0224. The number of nitrogens with zero attached hydrogens (tertiary/aromatic N) is 1. The molecule has 0 radical (unpaired) electrons. The lowest BCUT2D eigenvalue weighted by Crippen LogP contribution is -2.50. The number of carbonyl (C=O) groups excluding carboxylic acids is 2. The van der Waals surface area contributed by atoms with Crippen LogP contribution in [0.1, 0.15) is 71.8 Å². The predicted molar refractivity (Wildman–Crippen MR) is 121 cm³/mol. The van der Waals surface area contributed by atoms with E-state index in [4.69, 9.17) is 4.74 Å². The molecule has 4 atom stereocenters. The Labute approximate surface area is 186 Å². The summed E-state index contributed by atoms with van der Waals surface area (Å²) in [5.74, 6) is -0.0224. The van der Waals surface area contributed by atoms with Crippen molar-refractivity contribution in [3.8, 4) is 0 Å². The van der Waals surface area contributed by atoms with Crippen LogP contribution in [0.15, 0.2) is 30.3 Å². The van der Waals surface area contributed by atoms with Crippen LogP contribution in [-0.2, 0) is 16.0 Å². The molecule has 1 aromatic carbocycles. The predicted octanol–water partition coefficient (Wildman–Crippen LogP) is 4.05. The Hall–Kier alpha value is -2.08. The lowest BCUT2D eigenvalue weighted by atomic mass is 9.75. The first kappa shape index (κ1) is 23.6. The van der Waals surface area contributed by atoms with Crippen molar-refractivity contribution in [3.05, 3.63) is 35.9 Å². The van der Waals surface area contributed by atoms with Crippen LogP contribution in [0.2, 0.25) is 0 Å². The van der Waals surface area contributed by atoms with Crippen molar-refractivity contribution < 1.29 is 19.4 Å². The number of hydrogen-bond donors (Lipinski definition) is 2. The molecule has 0 aromatic heterocycles. The highest BCUT2D eigenvalue weighted by Crippen LogP contribution is 2.48. The van der Waals surface area contributed by atoms with E-state index in [0.717, 1.165) is 31.2 Å². The molecule has 0 unspecified atom stereocenters. The molecule has 1 saturated heterocycles. The average Bonchev–Trinajstić information content (AvgIpc) is 2.92. The average molecular weight is 431 g/mol. The van der Waals surface area contributed by atoms with Crippen molar-refractivity contribution in [1.29, 1.82) is 0 Å². The SMILES string of the molecule is CC(C)(C)OC(=O)N1[C@@H](CNC(=O)CCc2ccccc2)C[C@@]2(C)[C@@H](O)CCCC[C@@H]12. The summed E-state index contributed by atoms with van der Waals surface area (Å²) < 4.78 is 5.73. The number of aliphatic hydroxyl groups excluding tert-OH is 1. The van der Waals surface area contributed by atoms with E-state index in [1.165, 1.54) is 0 Å². The zero-order chi connectivity index (χ0) is 22.6. The molecule has 1 aliphatic carbocycles. The quantitative estimate of drug-likeness (QED) is 0.739. The van der Waals surface area contributed by atoms with Gasteiger partial charge in [-0.2, -0.15) is 0 Å². The van der Waals surface area contributed by atoms with E-state index in [1.807, 2.05) is 56.0 Å². The lowest BCUT2D eigenvalue weighted by molar-refractivity contribution is -0.121. The van der Waals surface area contributed by atoms with E-state index in [-0.39, 0.29) is 29.5 Å². The summed E-state index contributed by atoms with van der Waals surface area (Å²) in [5.41, 5.74) is 0.155. The molecule has 0 spiro atoms. The Morgan fingerprint density at radius 2 is 1.87 bits per heavy atom. The molecule has 6 nitrogen and oxygen atoms in total. The number of fused-ring (bicyclic) bond motifs is 1. The van der Waals surface area contributed by atoms with Gasteiger partial charge in [-0.25, -0.2) is 4.79 Å². The van der Waals surface area contributed by atoms with E-state index >= 15 is 0 Å². The molecule has 1 saturated carbocycles. The first-order chi connectivity index (χ1) is 14.6. The van der Waals surface area contributed by atoms with E-state index in [9.17, 15) is 14.7 Å². The maximum atomic E-state index is 13.2. The smallest absolute Gasteiger partial charge is 0.410 e. The van der Waals surface area contributed by atoms with Crippen molar-refractivity contribution in [2.75, 3.05) is 6.54 Å². The van der Waals surface area contributed by atoms with Crippen LogP contribution in [0.3, 0.4) is 0 Å². The summed E-state index contributed by atoms with van der Waals surface area (Å²) in [5, 5.41) is 13.9. The number of aliphatic hydroxyl groups is 1. The zero-order valence-electron chi connectivity index (χ0n) is 19.4. The first-order valence-electron chi connectivity index (χ1n) is 11.6. The van der Waals surface area contributed by atoms with Crippen LogP contribution in [0, 0.1) is 5.41 Å². The van der Waals surface area contributed by atoms with E-state index < -0.39 is 11.7 Å². The summed E-state index contributed by atoms with van der Waals surface area (Å²) in [6.07, 6.45) is 4.51. The molecule has 3 rings (SSSR count). The first-order valence-corrected chi connectivity index (χ1v) is 11.6. The van der Waals surface area contributed by atoms with Crippen LogP contribution < -0.4 is 5.32 Å². The van der Waals surface area contributed by atoms with E-state index in [1.54, 1.807) is 0 Å². The maximum Gasteiger partial charge on any atom is 0.410 e. The molecule has 2 fully saturated rings. The second kappa shape index (κ2) is 9.60. The third-order valence-corrected chi connectivity index (χ3v) is 6.75. The molecule has 31 heavy (non-hydrogen) atoms. The van der Waals surface area contributed by atoms with Crippen LogP contribution in [0.5, 0.6) is 0 Å². The fourth-order valence-corrected chi connectivity index (χ4v) is 5.13. The van der Waals surface area contributed by atoms with E-state index in [2.05, 4.69) is 12.2 Å². The Bertz CT molecular complexity index is 761. The fourth-order valence-electron chi connectivity index (χ4n) is 5.13. The normalized spacial score (nSPS) is 28.5. The largest absolute Gasteiger partial charge is 0.444 e. The van der Waals surface area contributed by atoms with Gasteiger partial charge in [-0.15, -0.1) is 0 Å². The topological polar surface area (TPSA) is 78.9 Å². The number of nitrogens with one attached hydrogen (secondary N) is 1. The Kier molecular flexibility index (Phi) is 7.30. The van der Waals surface area contributed by atoms with Gasteiger partial charge in [-0.05, 0) is 52.0 Å². The summed E-state index contributed by atoms with van der Waals surface area (Å²) in [6.45, 7) is 8.06. The van der Waals surface area contributed by atoms with Crippen molar-refractivity contribution in [2.24, 2.45) is 5.41 Å². The van der Waals surface area contributed by atoms with Gasteiger partial charge in [-0.1, -0.05) is 50.1 Å². The lowest BCUT2D eigenvalue weighted by Gasteiger charge is -2.37. The molecule has 6 heteroatoms. The minimum Gasteiger partial charge on any atom is -0.444 e. The van der Waals surface area contributed by atoms with Crippen molar-refractivity contribution in [2.45, 2.75) is 96.4 Å². The standard InChI is InChI=1S/C25H38N2O4/c1-24(2,3)31-23(30)27-19(16-25(4)20(27)12-8-9-13-21(25)28)17-26-22(29)15-14-18-10-6-5-7-11-18/h5-7,10-11,19-21,28H,8-9,12-17H2,1-4H3,(H,26,29)/t19-,20-,21+,25-/m1/s1. The van der Waals surface area contributed by atoms with Crippen LogP contribution >= 0.6 is 0 Å². The number of likely N-dealkylation sites (tertiary alicyclic amines) is 1. The monoisotopic (exact) mass is 430 g/mol. The highest BCUT2D eigenvalue weighted by atomic mass is 16.6. The third-order valence-electron chi connectivity index (χ3n) is 6.75. The molecule has 0 bridgehead atoms. The zero-order valence-corrected chi connectivity index (χ0v) is 19.4. The second-order valence-corrected chi connectivity index (χ2v) is 10.4. The highest BCUT2D eigenvalue weighted by molar-refractivity contribution is 5.76. The number of ether oxygens (including phenoxy) is 1. The Morgan fingerprint density at radius 3 is 2.55 bits per heavy atom. The number of carbonyl (C=O) groups is 2. The van der Waals surface area contributed by atoms with Gasteiger partial charge < -0.3 is 15.2 Å². The molecular weight excluding hydrogens is 392 g/mol. The molecule has 1 aliphatic heterocycles. The molecule has 2 amide bonds. The number of rotatable bonds is 5. The van der Waals surface area contributed by atoms with Crippen LogP contribution in [0.25, 0.3) is 0 Å². The van der Waals surface area contributed by atoms with Gasteiger partial charge in [0.1, 0.15) is 5.60 Å². The van der Waals surface area contributed by atoms with Gasteiger partial charge in [-0.3, -0.25) is 9.69 Å². The fraction of sp³-hybridized carbons (Fsp3) is 0.680. The van der Waals surface area contributed by atoms with Crippen molar-refractivity contribution >= 4 is 12.0 Å². The number of benzene rings is 1. The summed E-state index contributed by atoms with van der Waals surface area (Å²) >= 11 is 0. The molecular formula is C25H38N2O4. The van der Waals surface area contributed by atoms with Crippen molar-refractivity contribution in [1.82, 2.24) is 10.2 Å². The highest BCUT2D eigenvalue weighted by Gasteiger charge is 2.55. The second-order valence-electron chi connectivity index (χ2n) is 10.4. The van der Waals surface area contributed by atoms with Gasteiger partial charge in [0.05, 0.1) is 12.1 Å². The number of aryl methyl sites for hydroxylation is 1. The molecule has 2 aliphatic rings. The van der Waals surface area contributed by atoms with Gasteiger partial charge in [0.15, 0.2) is 0 Å². The van der Waals surface area contributed by atoms with Gasteiger partial charge in [0.2, 0.25) is 5.91 Å². The molecule has 172 valence electrons. The van der Waals surface area contributed by atoms with E-state index in [0.29, 0.717) is 25.8 Å². The molecule has 1 aromatic rings. The summed E-state index contributed by atoms with van der Waals surface area (Å²) in [6, 6.07) is 9.69. The summed E-state index contributed by atoms with van der Waals surface area (Å²) in [4.78, 5) is 27.5. The molecule has 1 heterocycles. The maximum absolute atomic E-state index is 13.2.